The fraction of sp³-hybridized carbons (Fsp3) is 0.400. The molecule has 3 heteroatoms. The second kappa shape index (κ2) is 6.12. The molecule has 0 saturated carbocycles. The summed E-state index contributed by atoms with van der Waals surface area (Å²) in [5, 5.41) is 6.67. The van der Waals surface area contributed by atoms with Crippen molar-refractivity contribution in [3.05, 3.63) is 51.5 Å². The molecule has 18 heavy (non-hydrogen) atoms. The second-order valence-corrected chi connectivity index (χ2v) is 5.92. The van der Waals surface area contributed by atoms with Crippen LogP contribution in [0.1, 0.15) is 41.6 Å². The van der Waals surface area contributed by atoms with Crippen LogP contribution in [0.25, 0.3) is 0 Å². The molecule has 0 saturated heterocycles. The van der Waals surface area contributed by atoms with Crippen LogP contribution in [0, 0.1) is 6.92 Å². The van der Waals surface area contributed by atoms with Gasteiger partial charge in [-0.3, -0.25) is 0 Å². The van der Waals surface area contributed by atoms with Gasteiger partial charge in [-0.25, -0.2) is 4.98 Å². The molecule has 1 heterocycles. The average molecular weight is 260 g/mol. The van der Waals surface area contributed by atoms with Gasteiger partial charge >= 0.3 is 0 Å². The highest BCUT2D eigenvalue weighted by Crippen LogP contribution is 2.14. The minimum absolute atomic E-state index is 0.602. The van der Waals surface area contributed by atoms with Gasteiger partial charge in [0.2, 0.25) is 0 Å². The van der Waals surface area contributed by atoms with Gasteiger partial charge in [-0.15, -0.1) is 11.3 Å². The number of aromatic nitrogens is 1. The predicted octanol–water partition coefficient (Wildman–Crippen LogP) is 3.86. The molecule has 96 valence electrons. The lowest BCUT2D eigenvalue weighted by Crippen LogP contribution is -2.12. The summed E-state index contributed by atoms with van der Waals surface area (Å²) in [5.74, 6) is 0.602. The number of rotatable bonds is 5. The van der Waals surface area contributed by atoms with Crippen molar-refractivity contribution in [1.29, 1.82) is 0 Å². The second-order valence-electron chi connectivity index (χ2n) is 4.86. The van der Waals surface area contributed by atoms with Crippen molar-refractivity contribution in [3.63, 3.8) is 0 Å². The highest BCUT2D eigenvalue weighted by Gasteiger charge is 2.00. The molecule has 1 aromatic heterocycles. The zero-order valence-electron chi connectivity index (χ0n) is 11.2. The third-order valence-electron chi connectivity index (χ3n) is 2.95. The van der Waals surface area contributed by atoms with Crippen LogP contribution < -0.4 is 5.32 Å². The van der Waals surface area contributed by atoms with E-state index in [0.717, 1.165) is 23.8 Å². The Morgan fingerprint density at radius 1 is 1.17 bits per heavy atom. The molecule has 0 unspecified atom stereocenters. The highest BCUT2D eigenvalue weighted by atomic mass is 32.1. The molecule has 2 rings (SSSR count). The number of aryl methyl sites for hydroxylation is 1. The number of nitrogens with one attached hydrogen (secondary N) is 1. The molecule has 0 bridgehead atoms. The van der Waals surface area contributed by atoms with E-state index in [4.69, 9.17) is 0 Å². The lowest BCUT2D eigenvalue weighted by Gasteiger charge is -2.07. The Morgan fingerprint density at radius 3 is 2.44 bits per heavy atom. The first-order valence-electron chi connectivity index (χ1n) is 6.35. The van der Waals surface area contributed by atoms with Crippen molar-refractivity contribution in [1.82, 2.24) is 10.3 Å². The molecule has 0 amide bonds. The minimum atomic E-state index is 0.602. The van der Waals surface area contributed by atoms with E-state index >= 15 is 0 Å². The minimum Gasteiger partial charge on any atom is -0.307 e. The van der Waals surface area contributed by atoms with Crippen LogP contribution in [0.3, 0.4) is 0 Å². The van der Waals surface area contributed by atoms with Gasteiger partial charge in [-0.05, 0) is 24.0 Å². The van der Waals surface area contributed by atoms with Gasteiger partial charge in [0, 0.05) is 18.5 Å². The molecule has 2 aromatic rings. The Balaban J connectivity index is 1.83. The van der Waals surface area contributed by atoms with Gasteiger partial charge in [-0.1, -0.05) is 38.1 Å². The lowest BCUT2D eigenvalue weighted by atomic mass is 10.0. The van der Waals surface area contributed by atoms with E-state index < -0.39 is 0 Å². The molecule has 0 aliphatic rings. The Kier molecular flexibility index (Phi) is 4.50. The molecule has 0 fully saturated rings. The Bertz CT molecular complexity index is 485. The number of hydrogen-bond donors (Lipinski definition) is 1. The quantitative estimate of drug-likeness (QED) is 0.883. The smallest absolute Gasteiger partial charge is 0.0897 e. The molecule has 0 aliphatic carbocycles. The molecular formula is C15H20N2S. The summed E-state index contributed by atoms with van der Waals surface area (Å²) in [4.78, 5) is 4.44. The van der Waals surface area contributed by atoms with Gasteiger partial charge in [0.15, 0.2) is 0 Å². The molecule has 2 nitrogen and oxygen atoms in total. The summed E-state index contributed by atoms with van der Waals surface area (Å²) in [5.41, 5.74) is 3.86. The maximum Gasteiger partial charge on any atom is 0.0897 e. The van der Waals surface area contributed by atoms with Crippen LogP contribution in [0.2, 0.25) is 0 Å². The van der Waals surface area contributed by atoms with E-state index in [2.05, 4.69) is 53.8 Å². The van der Waals surface area contributed by atoms with Crippen LogP contribution in [0.15, 0.2) is 29.6 Å². The topological polar surface area (TPSA) is 24.9 Å². The van der Waals surface area contributed by atoms with Gasteiger partial charge in [0.05, 0.1) is 10.7 Å². The van der Waals surface area contributed by atoms with Gasteiger partial charge in [-0.2, -0.15) is 0 Å². The van der Waals surface area contributed by atoms with Gasteiger partial charge < -0.3 is 5.32 Å². The molecule has 0 aliphatic heterocycles. The molecule has 0 radical (unpaired) electrons. The third kappa shape index (κ3) is 3.65. The van der Waals surface area contributed by atoms with Crippen molar-refractivity contribution >= 4 is 11.3 Å². The normalized spacial score (nSPS) is 11.1. The molecule has 0 atom stereocenters. The fourth-order valence-electron chi connectivity index (χ4n) is 1.84. The monoisotopic (exact) mass is 260 g/mol. The summed E-state index contributed by atoms with van der Waals surface area (Å²) in [6.07, 6.45) is 0. The number of thiazole rings is 1. The van der Waals surface area contributed by atoms with E-state index in [1.54, 1.807) is 11.3 Å². The van der Waals surface area contributed by atoms with Crippen molar-refractivity contribution in [2.24, 2.45) is 0 Å². The van der Waals surface area contributed by atoms with Crippen LogP contribution in [0.5, 0.6) is 0 Å². The van der Waals surface area contributed by atoms with Crippen LogP contribution in [-0.2, 0) is 13.1 Å². The fourth-order valence-corrected chi connectivity index (χ4v) is 2.46. The zero-order valence-corrected chi connectivity index (χ0v) is 12.1. The maximum atomic E-state index is 4.44. The van der Waals surface area contributed by atoms with E-state index in [-0.39, 0.29) is 0 Å². The first-order valence-corrected chi connectivity index (χ1v) is 7.23. The van der Waals surface area contributed by atoms with Crippen LogP contribution in [-0.4, -0.2) is 4.98 Å². The van der Waals surface area contributed by atoms with E-state index in [9.17, 15) is 0 Å². The van der Waals surface area contributed by atoms with Crippen molar-refractivity contribution in [2.45, 2.75) is 39.8 Å². The number of benzene rings is 1. The number of hydrogen-bond acceptors (Lipinski definition) is 3. The SMILES string of the molecule is Cc1nc(CNCc2ccc(C(C)C)cc2)cs1. The van der Waals surface area contributed by atoms with Crippen LogP contribution in [0.4, 0.5) is 0 Å². The first kappa shape index (κ1) is 13.2. The highest BCUT2D eigenvalue weighted by molar-refractivity contribution is 7.09. The summed E-state index contributed by atoms with van der Waals surface area (Å²) in [7, 11) is 0. The summed E-state index contributed by atoms with van der Waals surface area (Å²) >= 11 is 1.70. The molecule has 1 aromatic carbocycles. The number of nitrogens with zero attached hydrogens (tertiary/aromatic N) is 1. The molecular weight excluding hydrogens is 240 g/mol. The lowest BCUT2D eigenvalue weighted by molar-refractivity contribution is 0.681. The van der Waals surface area contributed by atoms with Crippen molar-refractivity contribution in [2.75, 3.05) is 0 Å². The summed E-state index contributed by atoms with van der Waals surface area (Å²) in [6, 6.07) is 8.84. The van der Waals surface area contributed by atoms with Gasteiger partial charge in [0.1, 0.15) is 0 Å². The van der Waals surface area contributed by atoms with Crippen molar-refractivity contribution < 1.29 is 0 Å². The van der Waals surface area contributed by atoms with Gasteiger partial charge in [0.25, 0.3) is 0 Å². The Labute approximate surface area is 113 Å². The van der Waals surface area contributed by atoms with Crippen molar-refractivity contribution in [3.8, 4) is 0 Å². The molecule has 0 spiro atoms. The average Bonchev–Trinajstić information content (AvgIpc) is 2.76. The van der Waals surface area contributed by atoms with Crippen LogP contribution >= 0.6 is 11.3 Å². The van der Waals surface area contributed by atoms with E-state index in [0.29, 0.717) is 5.92 Å². The maximum absolute atomic E-state index is 4.44. The predicted molar refractivity (Wildman–Crippen MR) is 77.9 cm³/mol. The van der Waals surface area contributed by atoms with E-state index in [1.807, 2.05) is 6.92 Å². The Hall–Kier alpha value is -1.19. The largest absolute Gasteiger partial charge is 0.307 e. The summed E-state index contributed by atoms with van der Waals surface area (Å²) in [6.45, 7) is 8.22. The molecule has 1 N–H and O–H groups in total. The first-order chi connectivity index (χ1) is 8.65. The standard InChI is InChI=1S/C15H20N2S/c1-11(2)14-6-4-13(5-7-14)8-16-9-15-10-18-12(3)17-15/h4-7,10-11,16H,8-9H2,1-3H3. The Morgan fingerprint density at radius 2 is 1.89 bits per heavy atom. The van der Waals surface area contributed by atoms with E-state index in [1.165, 1.54) is 11.1 Å². The zero-order chi connectivity index (χ0) is 13.0. The summed E-state index contributed by atoms with van der Waals surface area (Å²) < 4.78 is 0. The third-order valence-corrected chi connectivity index (χ3v) is 3.77.